The zero-order valence-corrected chi connectivity index (χ0v) is 19.9. The lowest BCUT2D eigenvalue weighted by molar-refractivity contribution is 0.00694. The fourth-order valence-corrected chi connectivity index (χ4v) is 4.15. The Morgan fingerprint density at radius 2 is 1.79 bits per heavy atom. The second-order valence-corrected chi connectivity index (χ2v) is 9.71. The summed E-state index contributed by atoms with van der Waals surface area (Å²) in [5.74, 6) is 0.0417. The highest BCUT2D eigenvalue weighted by atomic mass is 16.6. The Kier molecular flexibility index (Phi) is 6.10. The minimum atomic E-state index is -0.543. The third-order valence-corrected chi connectivity index (χ3v) is 5.67. The van der Waals surface area contributed by atoms with Crippen LogP contribution >= 0.6 is 0 Å². The first-order valence-corrected chi connectivity index (χ1v) is 11.3. The highest BCUT2D eigenvalue weighted by Crippen LogP contribution is 2.35. The number of rotatable bonds is 5. The van der Waals surface area contributed by atoms with Crippen LogP contribution in [0.4, 0.5) is 11.6 Å². The van der Waals surface area contributed by atoms with Crippen molar-refractivity contribution in [1.29, 1.82) is 0 Å². The SMILES string of the molecule is CN(C)C(=O)c1cc2cnc(Nc3ccc(C(=O)OC(C)(C)C)cc3)nc2n1C1CCCC1. The maximum atomic E-state index is 12.8. The molecule has 33 heavy (non-hydrogen) atoms. The fraction of sp³-hybridized carbons (Fsp3) is 0.440. The van der Waals surface area contributed by atoms with Gasteiger partial charge in [-0.15, -0.1) is 0 Å². The first-order chi connectivity index (χ1) is 15.6. The number of carbonyl (C=O) groups excluding carboxylic acids is 2. The highest BCUT2D eigenvalue weighted by Gasteiger charge is 2.26. The number of fused-ring (bicyclic) bond motifs is 1. The molecule has 1 aliphatic rings. The molecule has 0 spiro atoms. The summed E-state index contributed by atoms with van der Waals surface area (Å²) in [7, 11) is 3.52. The topological polar surface area (TPSA) is 89.3 Å². The molecule has 1 saturated carbocycles. The van der Waals surface area contributed by atoms with Gasteiger partial charge in [-0.05, 0) is 63.9 Å². The van der Waals surface area contributed by atoms with Crippen LogP contribution in [0.25, 0.3) is 11.0 Å². The minimum Gasteiger partial charge on any atom is -0.456 e. The van der Waals surface area contributed by atoms with E-state index in [1.54, 1.807) is 49.5 Å². The molecule has 0 saturated heterocycles. The van der Waals surface area contributed by atoms with E-state index in [0.717, 1.165) is 42.4 Å². The van der Waals surface area contributed by atoms with Crippen molar-refractivity contribution in [1.82, 2.24) is 19.4 Å². The smallest absolute Gasteiger partial charge is 0.338 e. The average Bonchev–Trinajstić information content (AvgIpc) is 3.39. The molecular formula is C25H31N5O3. The van der Waals surface area contributed by atoms with E-state index in [-0.39, 0.29) is 17.9 Å². The lowest BCUT2D eigenvalue weighted by Gasteiger charge is -2.19. The number of carbonyl (C=O) groups is 2. The molecule has 0 unspecified atom stereocenters. The Morgan fingerprint density at radius 1 is 1.12 bits per heavy atom. The van der Waals surface area contributed by atoms with Gasteiger partial charge < -0.3 is 19.5 Å². The van der Waals surface area contributed by atoms with Gasteiger partial charge in [0.2, 0.25) is 5.95 Å². The van der Waals surface area contributed by atoms with Crippen molar-refractivity contribution < 1.29 is 14.3 Å². The van der Waals surface area contributed by atoms with E-state index in [1.807, 2.05) is 26.8 Å². The van der Waals surface area contributed by atoms with Gasteiger partial charge in [0.25, 0.3) is 5.91 Å². The van der Waals surface area contributed by atoms with Crippen molar-refractivity contribution in [2.75, 3.05) is 19.4 Å². The molecule has 2 aromatic heterocycles. The second kappa shape index (κ2) is 8.84. The van der Waals surface area contributed by atoms with Crippen LogP contribution in [0.1, 0.15) is 73.3 Å². The standard InChI is InChI=1S/C25H31N5O3/c1-25(2,3)33-23(32)16-10-12-18(13-11-16)27-24-26-15-17-14-20(22(31)29(4)5)30(21(17)28-24)19-8-6-7-9-19/h10-15,19H,6-9H2,1-5H3,(H,26,27,28). The number of ether oxygens (including phenoxy) is 1. The summed E-state index contributed by atoms with van der Waals surface area (Å²) in [6.45, 7) is 5.52. The zero-order valence-electron chi connectivity index (χ0n) is 19.9. The molecule has 1 N–H and O–H groups in total. The maximum Gasteiger partial charge on any atom is 0.338 e. The molecule has 1 amide bonds. The van der Waals surface area contributed by atoms with E-state index in [2.05, 4.69) is 14.9 Å². The molecule has 4 rings (SSSR count). The largest absolute Gasteiger partial charge is 0.456 e. The average molecular weight is 450 g/mol. The third kappa shape index (κ3) is 4.99. The van der Waals surface area contributed by atoms with Crippen molar-refractivity contribution in [3.8, 4) is 0 Å². The van der Waals surface area contributed by atoms with Gasteiger partial charge >= 0.3 is 5.97 Å². The van der Waals surface area contributed by atoms with Gasteiger partial charge in [-0.1, -0.05) is 12.8 Å². The molecule has 0 bridgehead atoms. The van der Waals surface area contributed by atoms with Gasteiger partial charge in [-0.3, -0.25) is 4.79 Å². The Morgan fingerprint density at radius 3 is 2.39 bits per heavy atom. The molecule has 8 heteroatoms. The van der Waals surface area contributed by atoms with E-state index in [0.29, 0.717) is 17.2 Å². The van der Waals surface area contributed by atoms with E-state index in [1.165, 1.54) is 0 Å². The number of anilines is 2. The number of hydrogen-bond acceptors (Lipinski definition) is 6. The van der Waals surface area contributed by atoms with Gasteiger partial charge in [0.05, 0.1) is 5.56 Å². The van der Waals surface area contributed by atoms with Gasteiger partial charge in [-0.25, -0.2) is 9.78 Å². The summed E-state index contributed by atoms with van der Waals surface area (Å²) >= 11 is 0. The maximum absolute atomic E-state index is 12.8. The van der Waals surface area contributed by atoms with Gasteiger partial charge in [-0.2, -0.15) is 4.98 Å². The molecule has 3 aromatic rings. The van der Waals surface area contributed by atoms with Crippen molar-refractivity contribution in [3.05, 3.63) is 47.8 Å². The molecule has 2 heterocycles. The molecular weight excluding hydrogens is 418 g/mol. The van der Waals surface area contributed by atoms with Crippen LogP contribution in [0.2, 0.25) is 0 Å². The van der Waals surface area contributed by atoms with Crippen LogP contribution in [0.5, 0.6) is 0 Å². The summed E-state index contributed by atoms with van der Waals surface area (Å²) in [4.78, 5) is 35.9. The highest BCUT2D eigenvalue weighted by molar-refractivity contribution is 5.98. The second-order valence-electron chi connectivity index (χ2n) is 9.71. The minimum absolute atomic E-state index is 0.0351. The van der Waals surface area contributed by atoms with Crippen molar-refractivity contribution >= 4 is 34.5 Å². The van der Waals surface area contributed by atoms with E-state index < -0.39 is 5.60 Å². The Hall–Kier alpha value is -3.42. The number of nitrogens with zero attached hydrogens (tertiary/aromatic N) is 4. The molecule has 1 aliphatic carbocycles. The number of benzene rings is 1. The van der Waals surface area contributed by atoms with Gasteiger partial charge in [0.1, 0.15) is 16.9 Å². The quantitative estimate of drug-likeness (QED) is 0.555. The van der Waals surface area contributed by atoms with Crippen molar-refractivity contribution in [2.24, 2.45) is 0 Å². The number of esters is 1. The van der Waals surface area contributed by atoms with E-state index >= 15 is 0 Å². The molecule has 1 fully saturated rings. The number of nitrogens with one attached hydrogen (secondary N) is 1. The van der Waals surface area contributed by atoms with Gasteiger partial charge in [0.15, 0.2) is 0 Å². The van der Waals surface area contributed by atoms with Crippen LogP contribution in [0.3, 0.4) is 0 Å². The lowest BCUT2D eigenvalue weighted by atomic mass is 10.1. The zero-order chi connectivity index (χ0) is 23.8. The molecule has 0 aliphatic heterocycles. The van der Waals surface area contributed by atoms with Crippen molar-refractivity contribution in [3.63, 3.8) is 0 Å². The number of aromatic nitrogens is 3. The summed E-state index contributed by atoms with van der Waals surface area (Å²) < 4.78 is 7.50. The molecule has 8 nitrogen and oxygen atoms in total. The normalized spacial score (nSPS) is 14.5. The molecule has 174 valence electrons. The fourth-order valence-electron chi connectivity index (χ4n) is 4.15. The van der Waals surface area contributed by atoms with Crippen LogP contribution in [-0.4, -0.2) is 51.0 Å². The summed E-state index contributed by atoms with van der Waals surface area (Å²) in [5, 5.41) is 4.05. The summed E-state index contributed by atoms with van der Waals surface area (Å²) in [6, 6.07) is 9.16. The van der Waals surface area contributed by atoms with Crippen LogP contribution in [0, 0.1) is 0 Å². The van der Waals surface area contributed by atoms with Gasteiger partial charge in [0, 0.05) is 37.4 Å². The predicted octanol–water partition coefficient (Wildman–Crippen LogP) is 4.95. The Balaban J connectivity index is 1.62. The van der Waals surface area contributed by atoms with E-state index in [9.17, 15) is 9.59 Å². The van der Waals surface area contributed by atoms with Crippen LogP contribution < -0.4 is 5.32 Å². The first-order valence-electron chi connectivity index (χ1n) is 11.3. The molecule has 1 aromatic carbocycles. The Labute approximate surface area is 194 Å². The monoisotopic (exact) mass is 449 g/mol. The van der Waals surface area contributed by atoms with Crippen LogP contribution in [0.15, 0.2) is 36.5 Å². The molecule has 0 atom stereocenters. The molecule has 0 radical (unpaired) electrons. The number of amides is 1. The van der Waals surface area contributed by atoms with Crippen LogP contribution in [-0.2, 0) is 4.74 Å². The summed E-state index contributed by atoms with van der Waals surface area (Å²) in [6.07, 6.45) is 6.13. The van der Waals surface area contributed by atoms with Crippen molar-refractivity contribution in [2.45, 2.75) is 58.1 Å². The lowest BCUT2D eigenvalue weighted by Crippen LogP contribution is -2.25. The van der Waals surface area contributed by atoms with E-state index in [4.69, 9.17) is 9.72 Å². The first kappa shape index (κ1) is 22.8. The number of hydrogen-bond donors (Lipinski definition) is 1. The Bertz CT molecular complexity index is 1170. The predicted molar refractivity (Wildman–Crippen MR) is 128 cm³/mol. The third-order valence-electron chi connectivity index (χ3n) is 5.67. The summed E-state index contributed by atoms with van der Waals surface area (Å²) in [5.41, 5.74) is 2.10.